The van der Waals surface area contributed by atoms with E-state index in [-0.39, 0.29) is 0 Å². The Kier molecular flexibility index (Phi) is 4.08. The summed E-state index contributed by atoms with van der Waals surface area (Å²) < 4.78 is 6.19. The number of benzene rings is 1. The maximum Gasteiger partial charge on any atom is 0.258 e. The first-order chi connectivity index (χ1) is 9.98. The first-order valence-electron chi connectivity index (χ1n) is 7.06. The van der Waals surface area contributed by atoms with E-state index in [1.165, 1.54) is 0 Å². The topological polar surface area (TPSA) is 64.9 Å². The van der Waals surface area contributed by atoms with Crippen LogP contribution in [0.5, 0.6) is 0 Å². The van der Waals surface area contributed by atoms with Gasteiger partial charge in [-0.25, -0.2) is 0 Å². The van der Waals surface area contributed by atoms with Gasteiger partial charge in [0.05, 0.1) is 10.6 Å². The smallest absolute Gasteiger partial charge is 0.258 e. The Hall–Kier alpha value is -0.910. The van der Waals surface area contributed by atoms with E-state index in [2.05, 4.69) is 33.0 Å². The van der Waals surface area contributed by atoms with Gasteiger partial charge in [-0.1, -0.05) is 23.7 Å². The summed E-state index contributed by atoms with van der Waals surface area (Å²) in [4.78, 5) is 4.51. The maximum absolute atomic E-state index is 6.47. The first-order valence-corrected chi connectivity index (χ1v) is 8.23. The van der Waals surface area contributed by atoms with Gasteiger partial charge in [0.2, 0.25) is 0 Å². The minimum atomic E-state index is -0.460. The van der Waals surface area contributed by atoms with Crippen LogP contribution in [0.15, 0.2) is 27.2 Å². The summed E-state index contributed by atoms with van der Waals surface area (Å²) in [5, 5.41) is 4.75. The molecule has 1 aliphatic carbocycles. The van der Waals surface area contributed by atoms with Crippen LogP contribution in [0, 0.1) is 5.92 Å². The number of halogens is 2. The van der Waals surface area contributed by atoms with Crippen molar-refractivity contribution in [2.24, 2.45) is 11.7 Å². The third kappa shape index (κ3) is 3.00. The second-order valence-corrected chi connectivity index (χ2v) is 7.15. The third-order valence-electron chi connectivity index (χ3n) is 4.20. The Morgan fingerprint density at radius 1 is 1.38 bits per heavy atom. The summed E-state index contributed by atoms with van der Waals surface area (Å²) in [5.74, 6) is 1.81. The molecule has 3 rings (SSSR count). The van der Waals surface area contributed by atoms with E-state index in [4.69, 9.17) is 21.9 Å². The Bertz CT molecular complexity index is 650. The highest BCUT2D eigenvalue weighted by atomic mass is 79.9. The van der Waals surface area contributed by atoms with Gasteiger partial charge in [-0.3, -0.25) is 0 Å². The predicted molar refractivity (Wildman–Crippen MR) is 85.9 cm³/mol. The molecule has 1 aromatic carbocycles. The highest BCUT2D eigenvalue weighted by Crippen LogP contribution is 2.37. The van der Waals surface area contributed by atoms with Crippen LogP contribution in [-0.2, 0) is 5.54 Å². The van der Waals surface area contributed by atoms with Gasteiger partial charge in [-0.15, -0.1) is 0 Å². The molecule has 0 aliphatic heterocycles. The highest BCUT2D eigenvalue weighted by molar-refractivity contribution is 9.10. The molecule has 0 unspecified atom stereocenters. The van der Waals surface area contributed by atoms with Crippen molar-refractivity contribution in [3.63, 3.8) is 0 Å². The largest absolute Gasteiger partial charge is 0.334 e. The lowest BCUT2D eigenvalue weighted by Gasteiger charge is -2.33. The van der Waals surface area contributed by atoms with Crippen LogP contribution in [0.3, 0.4) is 0 Å². The lowest BCUT2D eigenvalue weighted by atomic mass is 9.77. The Labute approximate surface area is 137 Å². The van der Waals surface area contributed by atoms with Gasteiger partial charge in [0.15, 0.2) is 5.82 Å². The zero-order valence-electron chi connectivity index (χ0n) is 11.8. The number of hydrogen-bond acceptors (Lipinski definition) is 4. The lowest BCUT2D eigenvalue weighted by Crippen LogP contribution is -2.41. The van der Waals surface area contributed by atoms with Crippen LogP contribution < -0.4 is 5.73 Å². The fraction of sp³-hybridized carbons (Fsp3) is 0.467. The minimum absolute atomic E-state index is 0.460. The molecule has 0 spiro atoms. The van der Waals surface area contributed by atoms with E-state index < -0.39 is 5.54 Å². The molecule has 4 nitrogen and oxygen atoms in total. The molecule has 0 saturated heterocycles. The maximum atomic E-state index is 6.47. The fourth-order valence-corrected chi connectivity index (χ4v) is 3.17. The van der Waals surface area contributed by atoms with Gasteiger partial charge < -0.3 is 10.3 Å². The molecule has 1 saturated carbocycles. The zero-order valence-corrected chi connectivity index (χ0v) is 14.1. The molecule has 0 bridgehead atoms. The third-order valence-corrected chi connectivity index (χ3v) is 5.42. The number of nitrogens with zero attached hydrogens (tertiary/aromatic N) is 2. The van der Waals surface area contributed by atoms with Crippen molar-refractivity contribution in [2.75, 3.05) is 0 Å². The highest BCUT2D eigenvalue weighted by Gasteiger charge is 2.36. The summed E-state index contributed by atoms with van der Waals surface area (Å²) in [6, 6.07) is 5.52. The molecule has 1 fully saturated rings. The molecular weight excluding hydrogens is 354 g/mol. The molecule has 21 heavy (non-hydrogen) atoms. The van der Waals surface area contributed by atoms with Crippen molar-refractivity contribution in [3.05, 3.63) is 33.5 Å². The van der Waals surface area contributed by atoms with Crippen molar-refractivity contribution in [1.29, 1.82) is 0 Å². The van der Waals surface area contributed by atoms with E-state index in [0.717, 1.165) is 41.6 Å². The molecule has 1 aliphatic rings. The molecule has 1 aromatic heterocycles. The van der Waals surface area contributed by atoms with Gasteiger partial charge in [0.1, 0.15) is 0 Å². The Balaban J connectivity index is 1.87. The second kappa shape index (κ2) is 5.71. The van der Waals surface area contributed by atoms with Crippen LogP contribution in [0.25, 0.3) is 11.5 Å². The predicted octanol–water partition coefficient (Wildman–Crippen LogP) is 4.52. The second-order valence-electron chi connectivity index (χ2n) is 5.89. The van der Waals surface area contributed by atoms with Crippen LogP contribution in [0.1, 0.15) is 38.4 Å². The molecular formula is C15H17BrClN3O. The van der Waals surface area contributed by atoms with Gasteiger partial charge >= 0.3 is 0 Å². The summed E-state index contributed by atoms with van der Waals surface area (Å²) in [6.07, 6.45) is 4.01. The molecule has 2 aromatic rings. The molecule has 0 radical (unpaired) electrons. The van der Waals surface area contributed by atoms with Crippen LogP contribution in [0.2, 0.25) is 5.02 Å². The zero-order chi connectivity index (χ0) is 15.0. The molecule has 2 N–H and O–H groups in total. The number of rotatable bonds is 2. The van der Waals surface area contributed by atoms with Crippen molar-refractivity contribution in [3.8, 4) is 11.5 Å². The van der Waals surface area contributed by atoms with Crippen LogP contribution in [0.4, 0.5) is 0 Å². The van der Waals surface area contributed by atoms with Crippen molar-refractivity contribution in [2.45, 2.75) is 38.1 Å². The molecule has 112 valence electrons. The summed E-state index contributed by atoms with van der Waals surface area (Å²) in [5.41, 5.74) is 6.84. The summed E-state index contributed by atoms with van der Waals surface area (Å²) in [6.45, 7) is 2.26. The number of hydrogen-bond donors (Lipinski definition) is 1. The van der Waals surface area contributed by atoms with E-state index in [0.29, 0.717) is 16.7 Å². The van der Waals surface area contributed by atoms with E-state index >= 15 is 0 Å². The molecule has 0 atom stereocenters. The van der Waals surface area contributed by atoms with Crippen LogP contribution >= 0.6 is 27.5 Å². The van der Waals surface area contributed by atoms with Gasteiger partial charge in [0.25, 0.3) is 5.89 Å². The molecule has 0 amide bonds. The standard InChI is InChI=1S/C15H17BrClN3O/c1-9-4-6-15(18,7-5-9)14-19-13(21-20-14)10-2-3-12(17)11(16)8-10/h2-3,8-9H,4-7,18H2,1H3. The first kappa shape index (κ1) is 15.0. The summed E-state index contributed by atoms with van der Waals surface area (Å²) in [7, 11) is 0. The normalized spacial score (nSPS) is 26.0. The SMILES string of the molecule is CC1CCC(N)(c2noc(-c3ccc(Cl)c(Br)c3)n2)CC1. The monoisotopic (exact) mass is 369 g/mol. The summed E-state index contributed by atoms with van der Waals surface area (Å²) >= 11 is 9.39. The van der Waals surface area contributed by atoms with E-state index in [1.54, 1.807) is 6.07 Å². The minimum Gasteiger partial charge on any atom is -0.334 e. The van der Waals surface area contributed by atoms with Gasteiger partial charge in [-0.05, 0) is 65.7 Å². The van der Waals surface area contributed by atoms with Gasteiger partial charge in [0, 0.05) is 10.0 Å². The van der Waals surface area contributed by atoms with Crippen LogP contribution in [-0.4, -0.2) is 10.1 Å². The number of nitrogens with two attached hydrogens (primary N) is 1. The molecule has 1 heterocycles. The van der Waals surface area contributed by atoms with Crippen molar-refractivity contribution < 1.29 is 4.52 Å². The molecule has 6 heteroatoms. The fourth-order valence-electron chi connectivity index (χ4n) is 2.67. The quantitative estimate of drug-likeness (QED) is 0.844. The Morgan fingerprint density at radius 3 is 2.76 bits per heavy atom. The van der Waals surface area contributed by atoms with E-state index in [1.807, 2.05) is 12.1 Å². The average Bonchev–Trinajstić information content (AvgIpc) is 2.96. The lowest BCUT2D eigenvalue weighted by molar-refractivity contribution is 0.230. The van der Waals surface area contributed by atoms with Gasteiger partial charge in [-0.2, -0.15) is 4.98 Å². The van der Waals surface area contributed by atoms with Crippen molar-refractivity contribution >= 4 is 27.5 Å². The average molecular weight is 371 g/mol. The number of aromatic nitrogens is 2. The Morgan fingerprint density at radius 2 is 2.10 bits per heavy atom. The van der Waals surface area contributed by atoms with E-state index in [9.17, 15) is 0 Å². The van der Waals surface area contributed by atoms with Crippen molar-refractivity contribution in [1.82, 2.24) is 10.1 Å².